The Morgan fingerprint density at radius 2 is 1.94 bits per heavy atom. The molecule has 4 heterocycles. The van der Waals surface area contributed by atoms with Crippen molar-refractivity contribution in [2.24, 2.45) is 0 Å². The highest BCUT2D eigenvalue weighted by molar-refractivity contribution is 6.57. The molecule has 6 radical (unpaired) electrons. The molecular formula is C22H23B3Cl2N6O2. The highest BCUT2D eigenvalue weighted by Crippen LogP contribution is 2.38. The summed E-state index contributed by atoms with van der Waals surface area (Å²) in [6, 6.07) is 3.92. The number of nitrogens with zero attached hydrogens (tertiary/aromatic N) is 5. The summed E-state index contributed by atoms with van der Waals surface area (Å²) in [5, 5.41) is 17.4. The number of aliphatic hydroxyl groups is 1. The minimum atomic E-state index is -1.73. The second-order valence-corrected chi connectivity index (χ2v) is 10.3. The van der Waals surface area contributed by atoms with Crippen LogP contribution in [0.5, 0.6) is 0 Å². The molecule has 35 heavy (non-hydrogen) atoms. The molecule has 2 aromatic heterocycles. The molecule has 3 aromatic rings. The van der Waals surface area contributed by atoms with Crippen molar-refractivity contribution in [2.75, 3.05) is 31.6 Å². The summed E-state index contributed by atoms with van der Waals surface area (Å²) < 4.78 is 6.61. The Balaban J connectivity index is 1.35. The van der Waals surface area contributed by atoms with Crippen molar-refractivity contribution in [3.63, 3.8) is 0 Å². The van der Waals surface area contributed by atoms with E-state index in [1.165, 1.54) is 6.20 Å². The van der Waals surface area contributed by atoms with Gasteiger partial charge in [-0.2, -0.15) is 5.10 Å². The lowest BCUT2D eigenvalue weighted by atomic mass is 9.49. The maximum absolute atomic E-state index is 10.4. The Bertz CT molecular complexity index is 1250. The van der Waals surface area contributed by atoms with Gasteiger partial charge in [-0.15, -0.1) is 0 Å². The largest absolute Gasteiger partial charge is 0.389 e. The number of benzene rings is 1. The lowest BCUT2D eigenvalue weighted by molar-refractivity contribution is -0.00211. The number of piperidine rings is 1. The molecule has 0 bridgehead atoms. The Morgan fingerprint density at radius 1 is 1.20 bits per heavy atom. The van der Waals surface area contributed by atoms with Gasteiger partial charge in [0, 0.05) is 16.6 Å². The zero-order chi connectivity index (χ0) is 25.0. The van der Waals surface area contributed by atoms with Crippen molar-refractivity contribution >= 4 is 69.3 Å². The zero-order valence-electron chi connectivity index (χ0n) is 19.3. The number of hydrogen-bond donors (Lipinski definition) is 2. The molecular weight excluding hydrogens is 484 g/mol. The van der Waals surface area contributed by atoms with E-state index in [0.29, 0.717) is 29.9 Å². The van der Waals surface area contributed by atoms with E-state index in [4.69, 9.17) is 51.5 Å². The van der Waals surface area contributed by atoms with Gasteiger partial charge in [-0.25, -0.2) is 9.97 Å². The van der Waals surface area contributed by atoms with E-state index >= 15 is 0 Å². The Kier molecular flexibility index (Phi) is 6.59. The minimum absolute atomic E-state index is 0.135. The number of ether oxygens (including phenoxy) is 1. The van der Waals surface area contributed by atoms with Gasteiger partial charge in [-0.3, -0.25) is 9.58 Å². The van der Waals surface area contributed by atoms with E-state index in [9.17, 15) is 5.11 Å². The summed E-state index contributed by atoms with van der Waals surface area (Å²) in [7, 11) is 17.0. The topological polar surface area (TPSA) is 88.3 Å². The molecule has 2 saturated heterocycles. The van der Waals surface area contributed by atoms with E-state index in [0.717, 1.165) is 47.1 Å². The molecule has 2 fully saturated rings. The van der Waals surface area contributed by atoms with Crippen LogP contribution >= 0.6 is 23.2 Å². The molecule has 0 saturated carbocycles. The Labute approximate surface area is 217 Å². The van der Waals surface area contributed by atoms with Crippen molar-refractivity contribution in [2.45, 2.75) is 42.6 Å². The van der Waals surface area contributed by atoms with Crippen LogP contribution in [0.4, 0.5) is 11.6 Å². The molecule has 1 aromatic carbocycles. The summed E-state index contributed by atoms with van der Waals surface area (Å²) in [5.74, 6) is 0.624. The molecule has 0 amide bonds. The fraction of sp³-hybridized carbons (Fsp3) is 0.500. The lowest BCUT2D eigenvalue weighted by Gasteiger charge is -2.43. The monoisotopic (exact) mass is 506 g/mol. The number of nitrogens with one attached hydrogen (secondary N) is 1. The van der Waals surface area contributed by atoms with Gasteiger partial charge in [0.15, 0.2) is 0 Å². The summed E-state index contributed by atoms with van der Waals surface area (Å²) in [5.41, 5.74) is 1.90. The normalized spacial score (nSPS) is 24.3. The van der Waals surface area contributed by atoms with Gasteiger partial charge in [-0.1, -0.05) is 23.2 Å². The number of fused-ring (bicyclic) bond motifs is 1. The fourth-order valence-electron chi connectivity index (χ4n) is 4.90. The number of likely N-dealkylation sites (tertiary alicyclic amines) is 1. The van der Waals surface area contributed by atoms with Crippen LogP contribution in [-0.4, -0.2) is 91.2 Å². The van der Waals surface area contributed by atoms with E-state index in [1.54, 1.807) is 6.20 Å². The van der Waals surface area contributed by atoms with Gasteiger partial charge in [0.1, 0.15) is 5.15 Å². The predicted octanol–water partition coefficient (Wildman–Crippen LogP) is 2.28. The molecule has 8 nitrogen and oxygen atoms in total. The second kappa shape index (κ2) is 9.27. The third-order valence-electron chi connectivity index (χ3n) is 7.07. The number of hydrogen-bond acceptors (Lipinski definition) is 7. The van der Waals surface area contributed by atoms with Crippen LogP contribution in [0.2, 0.25) is 10.2 Å². The third kappa shape index (κ3) is 4.69. The molecule has 176 valence electrons. The van der Waals surface area contributed by atoms with Crippen molar-refractivity contribution in [1.29, 1.82) is 0 Å². The lowest BCUT2D eigenvalue weighted by Crippen LogP contribution is -2.56. The van der Waals surface area contributed by atoms with Crippen LogP contribution in [0, 0.1) is 0 Å². The summed E-state index contributed by atoms with van der Waals surface area (Å²) in [6.07, 6.45) is 4.53. The molecule has 2 aliphatic heterocycles. The molecule has 0 aliphatic carbocycles. The Morgan fingerprint density at radius 3 is 2.57 bits per heavy atom. The van der Waals surface area contributed by atoms with Gasteiger partial charge in [0.2, 0.25) is 5.95 Å². The SMILES string of the molecule is [B]C([B])([B])n1ncc(Nc2ncc3cc(Cl)c(C4CCN([C@]5(C)COC[C@@H]5O)CC4)cc3n2)c1Cl. The minimum Gasteiger partial charge on any atom is -0.389 e. The average molecular weight is 507 g/mol. The molecule has 5 rings (SSSR count). The highest BCUT2D eigenvalue weighted by Gasteiger charge is 2.45. The van der Waals surface area contributed by atoms with Gasteiger partial charge < -0.3 is 15.2 Å². The summed E-state index contributed by atoms with van der Waals surface area (Å²) in [6.45, 7) is 4.73. The Hall–Kier alpha value is -1.78. The van der Waals surface area contributed by atoms with Crippen molar-refractivity contribution in [3.05, 3.63) is 40.3 Å². The van der Waals surface area contributed by atoms with Crippen molar-refractivity contribution in [3.8, 4) is 0 Å². The first kappa shape index (κ1) is 24.9. The molecule has 0 unspecified atom stereocenters. The molecule has 13 heteroatoms. The van der Waals surface area contributed by atoms with Crippen LogP contribution in [0.15, 0.2) is 24.5 Å². The third-order valence-corrected chi connectivity index (χ3v) is 7.76. The standard InChI is InChI=1S/C22H23B3Cl2N6O2/c1-21(11-35-10-18(21)34)32-4-2-12(3-5-32)14-7-16-13(6-15(14)26)8-28-20(30-16)31-17-9-29-33(19(17)27)22(23,24)25/h6-9,12,18,34H,2-5,10-11H2,1H3,(H,28,30,31)/t18-,21+/m0/s1. The smallest absolute Gasteiger partial charge is 0.227 e. The van der Waals surface area contributed by atoms with Crippen LogP contribution in [0.1, 0.15) is 31.2 Å². The van der Waals surface area contributed by atoms with E-state index < -0.39 is 11.3 Å². The number of aromatic nitrogens is 4. The summed E-state index contributed by atoms with van der Waals surface area (Å²) in [4.78, 5) is 11.3. The molecule has 2 N–H and O–H groups in total. The quantitative estimate of drug-likeness (QED) is 0.513. The van der Waals surface area contributed by atoms with E-state index in [-0.39, 0.29) is 16.6 Å². The number of halogens is 2. The van der Waals surface area contributed by atoms with Gasteiger partial charge in [0.05, 0.1) is 65.8 Å². The van der Waals surface area contributed by atoms with Crippen LogP contribution in [0.3, 0.4) is 0 Å². The molecule has 0 spiro atoms. The zero-order valence-corrected chi connectivity index (χ0v) is 20.8. The molecule has 2 aliphatic rings. The van der Waals surface area contributed by atoms with Gasteiger partial charge in [0.25, 0.3) is 0 Å². The maximum Gasteiger partial charge on any atom is 0.227 e. The first-order chi connectivity index (χ1) is 16.6. The highest BCUT2D eigenvalue weighted by atomic mass is 35.5. The summed E-state index contributed by atoms with van der Waals surface area (Å²) >= 11 is 13.0. The van der Waals surface area contributed by atoms with Crippen LogP contribution < -0.4 is 5.32 Å². The first-order valence-corrected chi connectivity index (χ1v) is 12.2. The van der Waals surface area contributed by atoms with Crippen LogP contribution in [-0.2, 0) is 9.97 Å². The van der Waals surface area contributed by atoms with Crippen molar-refractivity contribution in [1.82, 2.24) is 24.6 Å². The number of rotatable bonds is 5. The second-order valence-electron chi connectivity index (χ2n) is 9.55. The number of anilines is 2. The van der Waals surface area contributed by atoms with Crippen LogP contribution in [0.25, 0.3) is 10.9 Å². The van der Waals surface area contributed by atoms with Crippen molar-refractivity contribution < 1.29 is 9.84 Å². The number of aliphatic hydroxyl groups excluding tert-OH is 1. The van der Waals surface area contributed by atoms with E-state index in [2.05, 4.69) is 32.2 Å². The molecule has 2 atom stereocenters. The fourth-order valence-corrected chi connectivity index (χ4v) is 5.52. The van der Waals surface area contributed by atoms with E-state index in [1.807, 2.05) is 12.1 Å². The maximum atomic E-state index is 10.4. The average Bonchev–Trinajstić information content (AvgIpc) is 3.36. The van der Waals surface area contributed by atoms with Gasteiger partial charge >= 0.3 is 0 Å². The first-order valence-electron chi connectivity index (χ1n) is 11.4. The predicted molar refractivity (Wildman–Crippen MR) is 139 cm³/mol. The van der Waals surface area contributed by atoms with Gasteiger partial charge in [-0.05, 0) is 61.7 Å².